The Morgan fingerprint density at radius 1 is 1.26 bits per heavy atom. The summed E-state index contributed by atoms with van der Waals surface area (Å²) in [7, 11) is 0. The highest BCUT2D eigenvalue weighted by atomic mass is 32.1. The van der Waals surface area contributed by atoms with Gasteiger partial charge in [0.25, 0.3) is 0 Å². The molecule has 23 heavy (non-hydrogen) atoms. The van der Waals surface area contributed by atoms with E-state index in [9.17, 15) is 9.50 Å². The molecule has 2 heterocycles. The summed E-state index contributed by atoms with van der Waals surface area (Å²) >= 11 is 1.42. The standard InChI is InChI=1S/C17H12FN3OS/c18-15-2-1-12(7-13(15)9-19)17-21-10-14(23-17)8-16(22)11-3-5-20-6-4-11/h1-7,10,16,22H,8H2. The maximum absolute atomic E-state index is 13.4. The van der Waals surface area contributed by atoms with Crippen LogP contribution in [-0.4, -0.2) is 15.1 Å². The molecule has 1 N–H and O–H groups in total. The Bertz CT molecular complexity index is 858. The first-order chi connectivity index (χ1) is 11.2. The van der Waals surface area contributed by atoms with Crippen LogP contribution in [0.25, 0.3) is 10.6 Å². The normalized spacial score (nSPS) is 11.9. The molecule has 3 rings (SSSR count). The number of benzene rings is 1. The van der Waals surface area contributed by atoms with E-state index in [4.69, 9.17) is 5.26 Å². The molecule has 1 atom stereocenters. The van der Waals surface area contributed by atoms with E-state index in [2.05, 4.69) is 9.97 Å². The first kappa shape index (κ1) is 15.3. The van der Waals surface area contributed by atoms with Crippen molar-refractivity contribution < 1.29 is 9.50 Å². The van der Waals surface area contributed by atoms with Crippen molar-refractivity contribution in [1.29, 1.82) is 5.26 Å². The fraction of sp³-hybridized carbons (Fsp3) is 0.118. The highest BCUT2D eigenvalue weighted by Crippen LogP contribution is 2.29. The second kappa shape index (κ2) is 6.65. The van der Waals surface area contributed by atoms with Crippen molar-refractivity contribution in [2.45, 2.75) is 12.5 Å². The molecule has 0 bridgehead atoms. The van der Waals surface area contributed by atoms with Gasteiger partial charge in [0.2, 0.25) is 0 Å². The van der Waals surface area contributed by atoms with Crippen LogP contribution in [-0.2, 0) is 6.42 Å². The second-order valence-electron chi connectivity index (χ2n) is 4.94. The SMILES string of the molecule is N#Cc1cc(-c2ncc(CC(O)c3ccncc3)s2)ccc1F. The number of thiazole rings is 1. The largest absolute Gasteiger partial charge is 0.388 e. The lowest BCUT2D eigenvalue weighted by atomic mass is 10.1. The molecule has 1 aromatic carbocycles. The summed E-state index contributed by atoms with van der Waals surface area (Å²) in [6.07, 6.45) is 4.78. The van der Waals surface area contributed by atoms with E-state index in [0.717, 1.165) is 10.4 Å². The summed E-state index contributed by atoms with van der Waals surface area (Å²) in [6.45, 7) is 0. The van der Waals surface area contributed by atoms with Gasteiger partial charge >= 0.3 is 0 Å². The molecular formula is C17H12FN3OS. The van der Waals surface area contributed by atoms with Gasteiger partial charge in [0.05, 0.1) is 11.7 Å². The van der Waals surface area contributed by atoms with Crippen molar-refractivity contribution in [3.05, 3.63) is 70.7 Å². The van der Waals surface area contributed by atoms with Crippen LogP contribution in [0.3, 0.4) is 0 Å². The number of rotatable bonds is 4. The summed E-state index contributed by atoms with van der Waals surface area (Å²) in [6, 6.07) is 9.70. The van der Waals surface area contributed by atoms with E-state index in [0.29, 0.717) is 17.0 Å². The van der Waals surface area contributed by atoms with Crippen molar-refractivity contribution in [3.8, 4) is 16.6 Å². The van der Waals surface area contributed by atoms with Crippen molar-refractivity contribution in [2.75, 3.05) is 0 Å². The third-order valence-electron chi connectivity index (χ3n) is 3.37. The van der Waals surface area contributed by atoms with Gasteiger partial charge in [-0.05, 0) is 35.9 Å². The average molecular weight is 325 g/mol. The van der Waals surface area contributed by atoms with Crippen molar-refractivity contribution in [2.24, 2.45) is 0 Å². The molecule has 0 saturated carbocycles. The lowest BCUT2D eigenvalue weighted by Crippen LogP contribution is -2.00. The summed E-state index contributed by atoms with van der Waals surface area (Å²) in [5.41, 5.74) is 1.48. The fourth-order valence-corrected chi connectivity index (χ4v) is 3.12. The Labute approximate surface area is 136 Å². The minimum atomic E-state index is -0.630. The number of aliphatic hydroxyl groups is 1. The quantitative estimate of drug-likeness (QED) is 0.797. The molecule has 0 aliphatic heterocycles. The van der Waals surface area contributed by atoms with E-state index in [1.54, 1.807) is 36.8 Å². The van der Waals surface area contributed by atoms with Crippen LogP contribution in [0.5, 0.6) is 0 Å². The van der Waals surface area contributed by atoms with Crippen LogP contribution in [0.4, 0.5) is 4.39 Å². The first-order valence-electron chi connectivity index (χ1n) is 6.90. The lowest BCUT2D eigenvalue weighted by Gasteiger charge is -2.08. The van der Waals surface area contributed by atoms with Gasteiger partial charge in [-0.1, -0.05) is 0 Å². The zero-order chi connectivity index (χ0) is 16.2. The predicted molar refractivity (Wildman–Crippen MR) is 85.1 cm³/mol. The fourth-order valence-electron chi connectivity index (χ4n) is 2.17. The minimum Gasteiger partial charge on any atom is -0.388 e. The summed E-state index contributed by atoms with van der Waals surface area (Å²) < 4.78 is 13.4. The van der Waals surface area contributed by atoms with Crippen LogP contribution in [0.2, 0.25) is 0 Å². The van der Waals surface area contributed by atoms with Gasteiger partial charge < -0.3 is 5.11 Å². The molecule has 2 aromatic heterocycles. The molecule has 0 aliphatic carbocycles. The molecular weight excluding hydrogens is 313 g/mol. The number of nitriles is 1. The van der Waals surface area contributed by atoms with Gasteiger partial charge in [0.1, 0.15) is 16.9 Å². The zero-order valence-electron chi connectivity index (χ0n) is 12.0. The van der Waals surface area contributed by atoms with Crippen LogP contribution < -0.4 is 0 Å². The van der Waals surface area contributed by atoms with Gasteiger partial charge in [-0.25, -0.2) is 9.37 Å². The molecule has 0 radical (unpaired) electrons. The molecule has 0 aliphatic rings. The zero-order valence-corrected chi connectivity index (χ0v) is 12.8. The van der Waals surface area contributed by atoms with Gasteiger partial charge in [0.15, 0.2) is 0 Å². The Morgan fingerprint density at radius 2 is 2.04 bits per heavy atom. The van der Waals surface area contributed by atoms with E-state index < -0.39 is 11.9 Å². The summed E-state index contributed by atoms with van der Waals surface area (Å²) in [5, 5.41) is 19.8. The number of halogens is 1. The second-order valence-corrected chi connectivity index (χ2v) is 6.05. The third kappa shape index (κ3) is 3.42. The molecule has 3 aromatic rings. The molecule has 0 spiro atoms. The number of hydrogen-bond donors (Lipinski definition) is 1. The monoisotopic (exact) mass is 325 g/mol. The van der Waals surface area contributed by atoms with Crippen LogP contribution in [0.1, 0.15) is 22.1 Å². The summed E-state index contributed by atoms with van der Waals surface area (Å²) in [5.74, 6) is -0.541. The highest BCUT2D eigenvalue weighted by molar-refractivity contribution is 7.15. The summed E-state index contributed by atoms with van der Waals surface area (Å²) in [4.78, 5) is 9.14. The van der Waals surface area contributed by atoms with Gasteiger partial charge in [-0.15, -0.1) is 11.3 Å². The van der Waals surface area contributed by atoms with E-state index in [1.165, 1.54) is 23.5 Å². The maximum Gasteiger partial charge on any atom is 0.140 e. The number of hydrogen-bond acceptors (Lipinski definition) is 5. The highest BCUT2D eigenvalue weighted by Gasteiger charge is 2.13. The van der Waals surface area contributed by atoms with E-state index in [-0.39, 0.29) is 5.56 Å². The van der Waals surface area contributed by atoms with Gasteiger partial charge in [-0.2, -0.15) is 5.26 Å². The molecule has 1 unspecified atom stereocenters. The molecule has 0 fully saturated rings. The Morgan fingerprint density at radius 3 is 2.78 bits per heavy atom. The van der Waals surface area contributed by atoms with Crippen molar-refractivity contribution in [1.82, 2.24) is 9.97 Å². The van der Waals surface area contributed by atoms with Crippen molar-refractivity contribution in [3.63, 3.8) is 0 Å². The predicted octanol–water partition coefficient (Wildman–Crippen LogP) is 3.49. The lowest BCUT2D eigenvalue weighted by molar-refractivity contribution is 0.179. The average Bonchev–Trinajstić information content (AvgIpc) is 3.04. The van der Waals surface area contributed by atoms with Crippen LogP contribution >= 0.6 is 11.3 Å². The first-order valence-corrected chi connectivity index (χ1v) is 7.71. The number of pyridine rings is 1. The third-order valence-corrected chi connectivity index (χ3v) is 4.44. The molecule has 6 heteroatoms. The molecule has 0 amide bonds. The van der Waals surface area contributed by atoms with E-state index >= 15 is 0 Å². The smallest absolute Gasteiger partial charge is 0.140 e. The maximum atomic E-state index is 13.4. The number of aromatic nitrogens is 2. The van der Waals surface area contributed by atoms with Crippen molar-refractivity contribution >= 4 is 11.3 Å². The molecule has 0 saturated heterocycles. The Kier molecular flexibility index (Phi) is 4.42. The Balaban J connectivity index is 1.80. The number of aliphatic hydroxyl groups excluding tert-OH is 1. The topological polar surface area (TPSA) is 69.8 Å². The van der Waals surface area contributed by atoms with Gasteiger partial charge in [-0.3, -0.25) is 4.98 Å². The van der Waals surface area contributed by atoms with E-state index in [1.807, 2.05) is 6.07 Å². The molecule has 114 valence electrons. The molecule has 4 nitrogen and oxygen atoms in total. The van der Waals surface area contributed by atoms with Gasteiger partial charge in [0, 0.05) is 35.5 Å². The number of nitrogens with zero attached hydrogens (tertiary/aromatic N) is 3. The van der Waals surface area contributed by atoms with Crippen LogP contribution in [0.15, 0.2) is 48.9 Å². The van der Waals surface area contributed by atoms with Crippen LogP contribution in [0, 0.1) is 17.1 Å². The Hall–Kier alpha value is -2.62. The minimum absolute atomic E-state index is 0.00364.